The first kappa shape index (κ1) is 14.5. The van der Waals surface area contributed by atoms with Crippen molar-refractivity contribution in [2.24, 2.45) is 11.0 Å². The van der Waals surface area contributed by atoms with E-state index in [-0.39, 0.29) is 17.9 Å². The van der Waals surface area contributed by atoms with Gasteiger partial charge in [0.2, 0.25) is 0 Å². The van der Waals surface area contributed by atoms with Crippen LogP contribution in [0.25, 0.3) is 0 Å². The molecule has 1 saturated heterocycles. The van der Waals surface area contributed by atoms with Gasteiger partial charge in [-0.15, -0.1) is 0 Å². The SMILES string of the molecule is COc1ccc([C@@H]2NN=C3C(=O)N(C4CCCCC4)C[C@H]32)cc1. The normalized spacial score (nSPS) is 27.6. The van der Waals surface area contributed by atoms with E-state index in [4.69, 9.17) is 4.74 Å². The maximum absolute atomic E-state index is 12.7. The number of carbonyl (C=O) groups is 1. The van der Waals surface area contributed by atoms with E-state index in [1.165, 1.54) is 19.3 Å². The number of methoxy groups -OCH3 is 1. The maximum atomic E-state index is 12.7. The van der Waals surface area contributed by atoms with E-state index in [0.717, 1.165) is 36.4 Å². The number of rotatable bonds is 3. The van der Waals surface area contributed by atoms with Crippen molar-refractivity contribution in [1.29, 1.82) is 0 Å². The average molecular weight is 313 g/mol. The second-order valence-electron chi connectivity index (χ2n) is 6.73. The van der Waals surface area contributed by atoms with E-state index in [0.29, 0.717) is 6.04 Å². The van der Waals surface area contributed by atoms with Gasteiger partial charge in [-0.1, -0.05) is 31.4 Å². The molecular formula is C18H23N3O2. The summed E-state index contributed by atoms with van der Waals surface area (Å²) in [6.07, 6.45) is 6.08. The zero-order valence-electron chi connectivity index (χ0n) is 13.5. The number of hydrazone groups is 1. The van der Waals surface area contributed by atoms with Crippen LogP contribution in [0.1, 0.15) is 43.7 Å². The lowest BCUT2D eigenvalue weighted by molar-refractivity contribution is -0.125. The molecule has 0 spiro atoms. The summed E-state index contributed by atoms with van der Waals surface area (Å²) in [6.45, 7) is 0.798. The highest BCUT2D eigenvalue weighted by molar-refractivity contribution is 6.42. The van der Waals surface area contributed by atoms with Gasteiger partial charge in [-0.05, 0) is 30.5 Å². The fourth-order valence-corrected chi connectivity index (χ4v) is 4.14. The highest BCUT2D eigenvalue weighted by atomic mass is 16.5. The number of hydrogen-bond donors (Lipinski definition) is 1. The van der Waals surface area contributed by atoms with E-state index >= 15 is 0 Å². The highest BCUT2D eigenvalue weighted by Crippen LogP contribution is 2.36. The monoisotopic (exact) mass is 313 g/mol. The van der Waals surface area contributed by atoms with E-state index in [9.17, 15) is 4.79 Å². The van der Waals surface area contributed by atoms with E-state index in [2.05, 4.69) is 27.6 Å². The second kappa shape index (κ2) is 5.87. The minimum atomic E-state index is 0.0912. The van der Waals surface area contributed by atoms with Crippen LogP contribution in [0.4, 0.5) is 0 Å². The summed E-state index contributed by atoms with van der Waals surface area (Å²) in [5, 5.41) is 4.37. The quantitative estimate of drug-likeness (QED) is 0.933. The molecule has 3 aliphatic rings. The van der Waals surface area contributed by atoms with E-state index in [1.807, 2.05) is 12.1 Å². The summed E-state index contributed by atoms with van der Waals surface area (Å²) in [6, 6.07) is 8.55. The lowest BCUT2D eigenvalue weighted by Crippen LogP contribution is -2.39. The number of carbonyl (C=O) groups excluding carboxylic acids is 1. The van der Waals surface area contributed by atoms with Crippen molar-refractivity contribution in [3.05, 3.63) is 29.8 Å². The van der Waals surface area contributed by atoms with Crippen LogP contribution in [-0.4, -0.2) is 36.2 Å². The van der Waals surface area contributed by atoms with E-state index in [1.54, 1.807) is 7.11 Å². The van der Waals surface area contributed by atoms with Gasteiger partial charge in [0.05, 0.1) is 19.1 Å². The van der Waals surface area contributed by atoms with Crippen LogP contribution in [0, 0.1) is 5.92 Å². The molecular weight excluding hydrogens is 290 g/mol. The van der Waals surface area contributed by atoms with Crippen LogP contribution in [0.3, 0.4) is 0 Å². The molecule has 1 aromatic rings. The largest absolute Gasteiger partial charge is 0.497 e. The van der Waals surface area contributed by atoms with Crippen molar-refractivity contribution in [2.75, 3.05) is 13.7 Å². The average Bonchev–Trinajstić information content (AvgIpc) is 3.16. The van der Waals surface area contributed by atoms with Gasteiger partial charge >= 0.3 is 0 Å². The summed E-state index contributed by atoms with van der Waals surface area (Å²) in [5.74, 6) is 1.16. The van der Waals surface area contributed by atoms with E-state index < -0.39 is 0 Å². The highest BCUT2D eigenvalue weighted by Gasteiger charge is 2.47. The number of likely N-dealkylation sites (tertiary alicyclic amines) is 1. The number of fused-ring (bicyclic) bond motifs is 1. The van der Waals surface area contributed by atoms with Crippen molar-refractivity contribution < 1.29 is 9.53 Å². The Morgan fingerprint density at radius 2 is 1.91 bits per heavy atom. The number of amides is 1. The predicted octanol–water partition coefficient (Wildman–Crippen LogP) is 2.49. The third-order valence-electron chi connectivity index (χ3n) is 5.44. The van der Waals surface area contributed by atoms with Crippen molar-refractivity contribution in [3.63, 3.8) is 0 Å². The molecule has 0 radical (unpaired) electrons. The molecule has 122 valence electrons. The Hall–Kier alpha value is -2.04. The number of nitrogens with zero attached hydrogens (tertiary/aromatic N) is 2. The number of benzene rings is 1. The van der Waals surface area contributed by atoms with Crippen LogP contribution < -0.4 is 10.2 Å². The maximum Gasteiger partial charge on any atom is 0.270 e. The molecule has 2 atom stereocenters. The van der Waals surface area contributed by atoms with Crippen molar-refractivity contribution in [3.8, 4) is 5.75 Å². The Bertz CT molecular complexity index is 620. The second-order valence-corrected chi connectivity index (χ2v) is 6.73. The molecule has 1 saturated carbocycles. The molecule has 1 amide bonds. The lowest BCUT2D eigenvalue weighted by atomic mass is 9.92. The minimum Gasteiger partial charge on any atom is -0.497 e. The van der Waals surface area contributed by atoms with Gasteiger partial charge < -0.3 is 15.1 Å². The van der Waals surface area contributed by atoms with Crippen LogP contribution in [0.2, 0.25) is 0 Å². The molecule has 1 N–H and O–H groups in total. The molecule has 4 rings (SSSR count). The molecule has 1 aromatic carbocycles. The Morgan fingerprint density at radius 3 is 2.61 bits per heavy atom. The lowest BCUT2D eigenvalue weighted by Gasteiger charge is -2.31. The third-order valence-corrected chi connectivity index (χ3v) is 5.44. The van der Waals surface area contributed by atoms with Gasteiger partial charge in [-0.2, -0.15) is 5.10 Å². The topological polar surface area (TPSA) is 53.9 Å². The van der Waals surface area contributed by atoms with Gasteiger partial charge in [-0.3, -0.25) is 4.79 Å². The smallest absolute Gasteiger partial charge is 0.270 e. The standard InChI is InChI=1S/C18H23N3O2/c1-23-14-9-7-12(8-10-14)16-15-11-21(13-5-3-2-4-6-13)18(22)17(15)20-19-16/h7-10,13,15-16,19H,2-6,11H2,1H3/t15-,16-/m0/s1. The third kappa shape index (κ3) is 2.48. The molecule has 2 heterocycles. The van der Waals surface area contributed by atoms with Crippen molar-refractivity contribution >= 4 is 11.6 Å². The van der Waals surface area contributed by atoms with Gasteiger partial charge in [0.1, 0.15) is 11.5 Å². The Morgan fingerprint density at radius 1 is 1.17 bits per heavy atom. The van der Waals surface area contributed by atoms with Gasteiger partial charge in [0.25, 0.3) is 5.91 Å². The fourth-order valence-electron chi connectivity index (χ4n) is 4.14. The molecule has 1 aliphatic carbocycles. The summed E-state index contributed by atoms with van der Waals surface area (Å²) >= 11 is 0. The fraction of sp³-hybridized carbons (Fsp3) is 0.556. The molecule has 0 bridgehead atoms. The molecule has 2 aliphatic heterocycles. The minimum absolute atomic E-state index is 0.0912. The molecule has 23 heavy (non-hydrogen) atoms. The van der Waals surface area contributed by atoms with Crippen LogP contribution in [0.15, 0.2) is 29.4 Å². The molecule has 2 fully saturated rings. The number of ether oxygens (including phenoxy) is 1. The summed E-state index contributed by atoms with van der Waals surface area (Å²) < 4.78 is 5.22. The zero-order chi connectivity index (χ0) is 15.8. The van der Waals surface area contributed by atoms with Crippen LogP contribution >= 0.6 is 0 Å². The molecule has 5 heteroatoms. The molecule has 0 aromatic heterocycles. The Balaban J connectivity index is 1.52. The van der Waals surface area contributed by atoms with Gasteiger partial charge in [0, 0.05) is 12.6 Å². The van der Waals surface area contributed by atoms with Crippen LogP contribution in [0.5, 0.6) is 5.75 Å². The number of nitrogens with one attached hydrogen (secondary N) is 1. The molecule has 0 unspecified atom stereocenters. The summed E-state index contributed by atoms with van der Waals surface area (Å²) in [5.41, 5.74) is 5.04. The van der Waals surface area contributed by atoms with Crippen LogP contribution in [-0.2, 0) is 4.79 Å². The summed E-state index contributed by atoms with van der Waals surface area (Å²) in [4.78, 5) is 14.8. The Kier molecular flexibility index (Phi) is 3.71. The first-order valence-electron chi connectivity index (χ1n) is 8.56. The Labute approximate surface area is 136 Å². The van der Waals surface area contributed by atoms with Gasteiger partial charge in [0.15, 0.2) is 0 Å². The molecule has 5 nitrogen and oxygen atoms in total. The number of hydrogen-bond acceptors (Lipinski definition) is 4. The zero-order valence-corrected chi connectivity index (χ0v) is 13.5. The summed E-state index contributed by atoms with van der Waals surface area (Å²) in [7, 11) is 1.67. The first-order chi connectivity index (χ1) is 11.3. The van der Waals surface area contributed by atoms with Crippen molar-refractivity contribution in [1.82, 2.24) is 10.3 Å². The first-order valence-corrected chi connectivity index (χ1v) is 8.56. The van der Waals surface area contributed by atoms with Gasteiger partial charge in [-0.25, -0.2) is 0 Å². The predicted molar refractivity (Wildman–Crippen MR) is 88.4 cm³/mol. The van der Waals surface area contributed by atoms with Crippen molar-refractivity contribution in [2.45, 2.75) is 44.2 Å².